The van der Waals surface area contributed by atoms with E-state index in [2.05, 4.69) is 209 Å². The lowest BCUT2D eigenvalue weighted by Gasteiger charge is -2.31. The van der Waals surface area contributed by atoms with Gasteiger partial charge in [-0.15, -0.1) is 11.3 Å². The molecule has 1 aromatic heterocycles. The van der Waals surface area contributed by atoms with Crippen molar-refractivity contribution in [1.29, 1.82) is 0 Å². The Morgan fingerprint density at radius 1 is 0.375 bits per heavy atom. The third kappa shape index (κ3) is 4.66. The van der Waals surface area contributed by atoms with E-state index in [-0.39, 0.29) is 10.8 Å². The van der Waals surface area contributed by atoms with Crippen molar-refractivity contribution >= 4 is 48.6 Å². The maximum atomic E-state index is 2.53. The minimum Gasteiger partial charge on any atom is -0.309 e. The summed E-state index contributed by atoms with van der Waals surface area (Å²) in [7, 11) is 0. The van der Waals surface area contributed by atoms with Gasteiger partial charge in [0.2, 0.25) is 0 Å². The van der Waals surface area contributed by atoms with Crippen LogP contribution in [0.25, 0.3) is 64.7 Å². The van der Waals surface area contributed by atoms with Gasteiger partial charge >= 0.3 is 0 Å². The molecule has 0 atom stereocenters. The highest BCUT2D eigenvalue weighted by atomic mass is 32.1. The molecule has 1 heterocycles. The van der Waals surface area contributed by atoms with Gasteiger partial charge in [-0.2, -0.15) is 0 Å². The number of para-hydroxylation sites is 1. The lowest BCUT2D eigenvalue weighted by Crippen LogP contribution is -2.16. The quantitative estimate of drug-likeness (QED) is 0.170. The van der Waals surface area contributed by atoms with E-state index in [1.807, 2.05) is 11.3 Å². The van der Waals surface area contributed by atoms with Gasteiger partial charge < -0.3 is 4.90 Å². The second-order valence-electron chi connectivity index (χ2n) is 16.4. The summed E-state index contributed by atoms with van der Waals surface area (Å²) in [5.41, 5.74) is 19.1. The molecule has 2 aliphatic carbocycles. The Morgan fingerprint density at radius 2 is 0.875 bits per heavy atom. The number of benzene rings is 8. The zero-order valence-corrected chi connectivity index (χ0v) is 32.9. The van der Waals surface area contributed by atoms with Crippen LogP contribution in [0.4, 0.5) is 17.1 Å². The number of thiophene rings is 1. The monoisotopic (exact) mass is 735 g/mol. The summed E-state index contributed by atoms with van der Waals surface area (Å²) >= 11 is 1.89. The molecule has 0 saturated heterocycles. The topological polar surface area (TPSA) is 3.24 Å². The molecule has 0 radical (unpaired) electrons. The predicted octanol–water partition coefficient (Wildman–Crippen LogP) is 15.5. The summed E-state index contributed by atoms with van der Waals surface area (Å²) in [4.78, 5) is 2.53. The highest BCUT2D eigenvalue weighted by Crippen LogP contribution is 2.57. The minimum atomic E-state index is -0.116. The Hall–Kier alpha value is -6.22. The Labute approximate surface area is 333 Å². The first-order valence-electron chi connectivity index (χ1n) is 19.7. The Morgan fingerprint density at radius 3 is 1.62 bits per heavy atom. The van der Waals surface area contributed by atoms with Gasteiger partial charge in [-0.25, -0.2) is 0 Å². The second kappa shape index (κ2) is 12.1. The van der Waals surface area contributed by atoms with Crippen LogP contribution in [-0.2, 0) is 10.8 Å². The van der Waals surface area contributed by atoms with Crippen molar-refractivity contribution in [3.63, 3.8) is 0 Å². The molecule has 2 heteroatoms. The molecule has 11 rings (SSSR count). The van der Waals surface area contributed by atoms with E-state index in [1.54, 1.807) is 0 Å². The number of rotatable bonds is 5. The fourth-order valence-electron chi connectivity index (χ4n) is 9.97. The van der Waals surface area contributed by atoms with Crippen molar-refractivity contribution in [3.8, 4) is 44.5 Å². The third-order valence-electron chi connectivity index (χ3n) is 12.7. The van der Waals surface area contributed by atoms with Gasteiger partial charge in [-0.05, 0) is 86.0 Å². The minimum absolute atomic E-state index is 0.0841. The Kier molecular flexibility index (Phi) is 7.18. The van der Waals surface area contributed by atoms with Crippen LogP contribution in [0.15, 0.2) is 176 Å². The molecule has 9 aromatic rings. The summed E-state index contributed by atoms with van der Waals surface area (Å²) < 4.78 is 2.67. The normalized spacial score (nSPS) is 14.4. The molecule has 0 spiro atoms. The summed E-state index contributed by atoms with van der Waals surface area (Å²) in [6, 6.07) is 65.7. The van der Waals surface area contributed by atoms with E-state index in [4.69, 9.17) is 0 Å². The molecule has 0 bridgehead atoms. The number of fused-ring (bicyclic) bond motifs is 9. The number of nitrogens with zero attached hydrogens (tertiary/aromatic N) is 1. The van der Waals surface area contributed by atoms with E-state index in [0.29, 0.717) is 0 Å². The second-order valence-corrected chi connectivity index (χ2v) is 17.5. The molecule has 8 aromatic carbocycles. The molecule has 0 fully saturated rings. The lowest BCUT2D eigenvalue weighted by molar-refractivity contribution is 0.660. The van der Waals surface area contributed by atoms with E-state index in [1.165, 1.54) is 92.6 Å². The zero-order valence-electron chi connectivity index (χ0n) is 32.1. The van der Waals surface area contributed by atoms with Crippen molar-refractivity contribution in [2.45, 2.75) is 38.5 Å². The molecule has 56 heavy (non-hydrogen) atoms. The van der Waals surface area contributed by atoms with Crippen LogP contribution in [-0.4, -0.2) is 0 Å². The van der Waals surface area contributed by atoms with Gasteiger partial charge in [0.25, 0.3) is 0 Å². The number of hydrogen-bond donors (Lipinski definition) is 0. The summed E-state index contributed by atoms with van der Waals surface area (Å²) in [5.74, 6) is 0. The van der Waals surface area contributed by atoms with Crippen molar-refractivity contribution in [1.82, 2.24) is 0 Å². The molecule has 0 aliphatic heterocycles. The third-order valence-corrected chi connectivity index (χ3v) is 13.9. The van der Waals surface area contributed by atoms with Gasteiger partial charge in [0.1, 0.15) is 0 Å². The van der Waals surface area contributed by atoms with Gasteiger partial charge in [-0.3, -0.25) is 0 Å². The van der Waals surface area contributed by atoms with Crippen molar-refractivity contribution in [2.75, 3.05) is 4.90 Å². The molecule has 1 nitrogen and oxygen atoms in total. The summed E-state index contributed by atoms with van der Waals surface area (Å²) in [5, 5.41) is 2.65. The first kappa shape index (κ1) is 33.1. The molecule has 268 valence electrons. The highest BCUT2D eigenvalue weighted by Gasteiger charge is 2.39. The fourth-order valence-corrected chi connectivity index (χ4v) is 11.2. The molecule has 2 aliphatic rings. The van der Waals surface area contributed by atoms with Gasteiger partial charge in [0.05, 0.1) is 11.4 Å². The standard InChI is InChI=1S/C54H41NS/c1-53(2)43-23-9-5-18-41(43)50-39(21-14-25-45(50)53)37-16-7-11-27-47(37)55(48-28-15-26-46-51(48)42-19-6-10-24-44(42)54(46,3)4)35-32-30-34(31-33-35)36-20-13-22-40-38-17-8-12-29-49(38)56-52(36)40/h5-33H,1-4H3. The summed E-state index contributed by atoms with van der Waals surface area (Å²) in [6.07, 6.45) is 0. The van der Waals surface area contributed by atoms with Crippen molar-refractivity contribution in [3.05, 3.63) is 198 Å². The van der Waals surface area contributed by atoms with Crippen LogP contribution in [0.5, 0.6) is 0 Å². The van der Waals surface area contributed by atoms with Crippen molar-refractivity contribution < 1.29 is 0 Å². The largest absolute Gasteiger partial charge is 0.309 e. The molecule has 0 amide bonds. The van der Waals surface area contributed by atoms with Crippen LogP contribution in [0.2, 0.25) is 0 Å². The van der Waals surface area contributed by atoms with Gasteiger partial charge in [0, 0.05) is 47.8 Å². The SMILES string of the molecule is CC1(C)c2ccccc2-c2c(-c3ccccc3N(c3ccc(-c4cccc5c4sc4ccccc45)cc3)c3cccc4c3-c3ccccc3C4(C)C)cccc21. The van der Waals surface area contributed by atoms with Crippen molar-refractivity contribution in [2.24, 2.45) is 0 Å². The number of hydrogen-bond acceptors (Lipinski definition) is 2. The van der Waals surface area contributed by atoms with E-state index >= 15 is 0 Å². The van der Waals surface area contributed by atoms with Gasteiger partial charge in [-0.1, -0.05) is 173 Å². The van der Waals surface area contributed by atoms with Crippen LogP contribution < -0.4 is 4.90 Å². The lowest BCUT2D eigenvalue weighted by atomic mass is 9.82. The summed E-state index contributed by atoms with van der Waals surface area (Å²) in [6.45, 7) is 9.48. The molecular formula is C54H41NS. The van der Waals surface area contributed by atoms with E-state index < -0.39 is 0 Å². The first-order chi connectivity index (χ1) is 27.3. The Bertz CT molecular complexity index is 3030. The molecule has 0 N–H and O–H groups in total. The Balaban J connectivity index is 1.15. The van der Waals surface area contributed by atoms with Crippen LogP contribution in [0.3, 0.4) is 0 Å². The fraction of sp³-hybridized carbons (Fsp3) is 0.111. The maximum Gasteiger partial charge on any atom is 0.0543 e. The van der Waals surface area contributed by atoms with Crippen LogP contribution >= 0.6 is 11.3 Å². The van der Waals surface area contributed by atoms with Gasteiger partial charge in [0.15, 0.2) is 0 Å². The molecule has 0 saturated carbocycles. The average molecular weight is 736 g/mol. The number of anilines is 3. The zero-order chi connectivity index (χ0) is 37.8. The molecular weight excluding hydrogens is 695 g/mol. The molecule has 0 unspecified atom stereocenters. The average Bonchev–Trinajstić information content (AvgIpc) is 3.82. The maximum absolute atomic E-state index is 2.53. The van der Waals surface area contributed by atoms with E-state index in [0.717, 1.165) is 11.4 Å². The van der Waals surface area contributed by atoms with Crippen LogP contribution in [0, 0.1) is 0 Å². The first-order valence-corrected chi connectivity index (χ1v) is 20.5. The highest BCUT2D eigenvalue weighted by molar-refractivity contribution is 7.26. The predicted molar refractivity (Wildman–Crippen MR) is 240 cm³/mol. The van der Waals surface area contributed by atoms with Crippen LogP contribution in [0.1, 0.15) is 49.9 Å². The smallest absolute Gasteiger partial charge is 0.0543 e. The van der Waals surface area contributed by atoms with E-state index in [9.17, 15) is 0 Å².